The highest BCUT2D eigenvalue weighted by Crippen LogP contribution is 2.18. The SMILES string of the molecule is NCCC(=O)NC1CC(O)C1. The molecule has 0 heterocycles. The lowest BCUT2D eigenvalue weighted by Gasteiger charge is -2.31. The molecule has 4 N–H and O–H groups in total. The van der Waals surface area contributed by atoms with Gasteiger partial charge in [0.15, 0.2) is 0 Å². The zero-order chi connectivity index (χ0) is 8.27. The van der Waals surface area contributed by atoms with Crippen molar-refractivity contribution in [1.82, 2.24) is 5.32 Å². The van der Waals surface area contributed by atoms with E-state index in [1.807, 2.05) is 0 Å². The monoisotopic (exact) mass is 158 g/mol. The number of aliphatic hydroxyl groups excluding tert-OH is 1. The molecule has 0 unspecified atom stereocenters. The van der Waals surface area contributed by atoms with Crippen molar-refractivity contribution in [2.75, 3.05) is 6.54 Å². The number of carbonyl (C=O) groups is 1. The van der Waals surface area contributed by atoms with Crippen LogP contribution in [0.3, 0.4) is 0 Å². The molecule has 0 spiro atoms. The molecule has 1 aliphatic rings. The van der Waals surface area contributed by atoms with Crippen molar-refractivity contribution < 1.29 is 9.90 Å². The van der Waals surface area contributed by atoms with Crippen molar-refractivity contribution in [2.45, 2.75) is 31.4 Å². The third-order valence-electron chi connectivity index (χ3n) is 1.85. The first-order valence-corrected chi connectivity index (χ1v) is 3.90. The predicted octanol–water partition coefficient (Wildman–Crippen LogP) is -1.03. The summed E-state index contributed by atoms with van der Waals surface area (Å²) < 4.78 is 0. The summed E-state index contributed by atoms with van der Waals surface area (Å²) in [5.74, 6) is -0.00981. The Kier molecular flexibility index (Phi) is 2.84. The van der Waals surface area contributed by atoms with Crippen LogP contribution in [0.2, 0.25) is 0 Å². The minimum absolute atomic E-state index is 0.00981. The largest absolute Gasteiger partial charge is 0.393 e. The number of nitrogens with one attached hydrogen (secondary N) is 1. The normalized spacial score (nSPS) is 29.3. The number of aliphatic hydroxyl groups is 1. The van der Waals surface area contributed by atoms with Gasteiger partial charge in [0.05, 0.1) is 6.10 Å². The second-order valence-corrected chi connectivity index (χ2v) is 2.93. The van der Waals surface area contributed by atoms with Gasteiger partial charge in [-0.05, 0) is 12.8 Å². The summed E-state index contributed by atoms with van der Waals surface area (Å²) in [6, 6.07) is 0.184. The molecule has 0 aliphatic heterocycles. The summed E-state index contributed by atoms with van der Waals surface area (Å²) in [6.07, 6.45) is 1.55. The van der Waals surface area contributed by atoms with E-state index in [9.17, 15) is 4.79 Å². The van der Waals surface area contributed by atoms with Crippen LogP contribution in [0.25, 0.3) is 0 Å². The average molecular weight is 158 g/mol. The van der Waals surface area contributed by atoms with E-state index in [0.717, 1.165) is 0 Å². The second-order valence-electron chi connectivity index (χ2n) is 2.93. The van der Waals surface area contributed by atoms with Gasteiger partial charge in [-0.3, -0.25) is 4.79 Å². The molecule has 0 radical (unpaired) electrons. The van der Waals surface area contributed by atoms with Crippen molar-refractivity contribution in [3.8, 4) is 0 Å². The zero-order valence-corrected chi connectivity index (χ0v) is 6.42. The minimum Gasteiger partial charge on any atom is -0.393 e. The molecule has 1 aliphatic carbocycles. The summed E-state index contributed by atoms with van der Waals surface area (Å²) in [5, 5.41) is 11.7. The molecule has 64 valence electrons. The number of hydrogen-bond donors (Lipinski definition) is 3. The topological polar surface area (TPSA) is 75.4 Å². The van der Waals surface area contributed by atoms with E-state index in [1.54, 1.807) is 0 Å². The van der Waals surface area contributed by atoms with Crippen LogP contribution in [0.1, 0.15) is 19.3 Å². The van der Waals surface area contributed by atoms with Crippen LogP contribution in [-0.4, -0.2) is 29.7 Å². The molecule has 1 fully saturated rings. The van der Waals surface area contributed by atoms with Crippen LogP contribution in [0.15, 0.2) is 0 Å². The molecule has 11 heavy (non-hydrogen) atoms. The predicted molar refractivity (Wildman–Crippen MR) is 40.8 cm³/mol. The maximum Gasteiger partial charge on any atom is 0.221 e. The molecular formula is C7H14N2O2. The molecule has 1 saturated carbocycles. The average Bonchev–Trinajstić information content (AvgIpc) is 1.85. The molecule has 0 aromatic rings. The van der Waals surface area contributed by atoms with Crippen molar-refractivity contribution in [3.05, 3.63) is 0 Å². The van der Waals surface area contributed by atoms with Crippen molar-refractivity contribution in [1.29, 1.82) is 0 Å². The van der Waals surface area contributed by atoms with Gasteiger partial charge in [0.1, 0.15) is 0 Å². The van der Waals surface area contributed by atoms with E-state index >= 15 is 0 Å². The smallest absolute Gasteiger partial charge is 0.221 e. The van der Waals surface area contributed by atoms with Crippen LogP contribution >= 0.6 is 0 Å². The fraction of sp³-hybridized carbons (Fsp3) is 0.857. The first-order valence-electron chi connectivity index (χ1n) is 3.90. The number of hydrogen-bond acceptors (Lipinski definition) is 3. The first kappa shape index (κ1) is 8.49. The fourth-order valence-corrected chi connectivity index (χ4v) is 1.14. The Morgan fingerprint density at radius 2 is 2.27 bits per heavy atom. The third kappa shape index (κ3) is 2.48. The highest BCUT2D eigenvalue weighted by Gasteiger charge is 2.27. The lowest BCUT2D eigenvalue weighted by Crippen LogP contribution is -2.47. The van der Waals surface area contributed by atoms with E-state index in [-0.39, 0.29) is 18.1 Å². The second kappa shape index (κ2) is 3.69. The Morgan fingerprint density at radius 3 is 2.73 bits per heavy atom. The lowest BCUT2D eigenvalue weighted by atomic mass is 9.89. The highest BCUT2D eigenvalue weighted by molar-refractivity contribution is 5.76. The molecule has 0 aromatic heterocycles. The van der Waals surface area contributed by atoms with Gasteiger partial charge in [-0.2, -0.15) is 0 Å². The van der Waals surface area contributed by atoms with Gasteiger partial charge in [-0.15, -0.1) is 0 Å². The molecule has 4 heteroatoms. The van der Waals surface area contributed by atoms with Gasteiger partial charge >= 0.3 is 0 Å². The van der Waals surface area contributed by atoms with Crippen LogP contribution < -0.4 is 11.1 Å². The van der Waals surface area contributed by atoms with Crippen LogP contribution in [-0.2, 0) is 4.79 Å². The standard InChI is InChI=1S/C7H14N2O2/c8-2-1-7(11)9-5-3-6(10)4-5/h5-6,10H,1-4,8H2,(H,9,11). The maximum atomic E-state index is 10.9. The van der Waals surface area contributed by atoms with Crippen molar-refractivity contribution >= 4 is 5.91 Å². The van der Waals surface area contributed by atoms with Crippen LogP contribution in [0.4, 0.5) is 0 Å². The molecule has 0 saturated heterocycles. The number of nitrogens with two attached hydrogens (primary N) is 1. The van der Waals surface area contributed by atoms with Crippen LogP contribution in [0.5, 0.6) is 0 Å². The Hall–Kier alpha value is -0.610. The molecule has 0 atom stereocenters. The summed E-state index contributed by atoms with van der Waals surface area (Å²) >= 11 is 0. The minimum atomic E-state index is -0.210. The first-order chi connectivity index (χ1) is 5.22. The lowest BCUT2D eigenvalue weighted by molar-refractivity contribution is -0.122. The Morgan fingerprint density at radius 1 is 1.64 bits per heavy atom. The van der Waals surface area contributed by atoms with Crippen molar-refractivity contribution in [2.24, 2.45) is 5.73 Å². The molecule has 0 bridgehead atoms. The van der Waals surface area contributed by atoms with Crippen LogP contribution in [0, 0.1) is 0 Å². The van der Waals surface area contributed by atoms with E-state index in [1.165, 1.54) is 0 Å². The Bertz CT molecular complexity index is 143. The van der Waals surface area contributed by atoms with Gasteiger partial charge in [-0.1, -0.05) is 0 Å². The van der Waals surface area contributed by atoms with E-state index in [2.05, 4.69) is 5.32 Å². The van der Waals surface area contributed by atoms with E-state index in [4.69, 9.17) is 10.8 Å². The summed E-state index contributed by atoms with van der Waals surface area (Å²) in [7, 11) is 0. The van der Waals surface area contributed by atoms with E-state index in [0.29, 0.717) is 25.8 Å². The third-order valence-corrected chi connectivity index (χ3v) is 1.85. The summed E-state index contributed by atoms with van der Waals surface area (Å²) in [5.41, 5.74) is 5.18. The quantitative estimate of drug-likeness (QED) is 0.492. The van der Waals surface area contributed by atoms with Gasteiger partial charge in [-0.25, -0.2) is 0 Å². The number of carbonyl (C=O) groups excluding carboxylic acids is 1. The van der Waals surface area contributed by atoms with E-state index < -0.39 is 0 Å². The van der Waals surface area contributed by atoms with Gasteiger partial charge in [0.25, 0.3) is 0 Å². The summed E-state index contributed by atoms with van der Waals surface area (Å²) in [4.78, 5) is 10.9. The van der Waals surface area contributed by atoms with Crippen molar-refractivity contribution in [3.63, 3.8) is 0 Å². The summed E-state index contributed by atoms with van der Waals surface area (Å²) in [6.45, 7) is 0.390. The van der Waals surface area contributed by atoms with Gasteiger partial charge < -0.3 is 16.2 Å². The number of rotatable bonds is 3. The molecular weight excluding hydrogens is 144 g/mol. The Balaban J connectivity index is 2.07. The molecule has 4 nitrogen and oxygen atoms in total. The highest BCUT2D eigenvalue weighted by atomic mass is 16.3. The van der Waals surface area contributed by atoms with Gasteiger partial charge in [0.2, 0.25) is 5.91 Å². The zero-order valence-electron chi connectivity index (χ0n) is 6.42. The maximum absolute atomic E-state index is 10.9. The van der Waals surface area contributed by atoms with Gasteiger partial charge in [0, 0.05) is 19.0 Å². The molecule has 1 rings (SSSR count). The Labute approximate surface area is 65.8 Å². The molecule has 0 aromatic carbocycles. The fourth-order valence-electron chi connectivity index (χ4n) is 1.14. The number of amides is 1. The molecule has 1 amide bonds.